The zero-order valence-corrected chi connectivity index (χ0v) is 21.3. The van der Waals surface area contributed by atoms with Crippen LogP contribution in [-0.4, -0.2) is 74.6 Å². The lowest BCUT2D eigenvalue weighted by Gasteiger charge is -2.36. The molecular weight excluding hydrogens is 505 g/mol. The topological polar surface area (TPSA) is 69.2 Å². The van der Waals surface area contributed by atoms with Crippen molar-refractivity contribution in [3.05, 3.63) is 29.8 Å². The Morgan fingerprint density at radius 2 is 1.77 bits per heavy atom. The van der Waals surface area contributed by atoms with E-state index >= 15 is 0 Å². The maximum atomic E-state index is 12.6. The van der Waals surface area contributed by atoms with Gasteiger partial charge in [0.15, 0.2) is 5.96 Å². The molecule has 1 aromatic carbocycles. The van der Waals surface area contributed by atoms with Crippen LogP contribution in [0, 0.1) is 5.92 Å². The number of halogens is 1. The van der Waals surface area contributed by atoms with Crippen LogP contribution in [-0.2, 0) is 11.3 Å². The van der Waals surface area contributed by atoms with Crippen LogP contribution in [0.4, 0.5) is 0 Å². The lowest BCUT2D eigenvalue weighted by Crippen LogP contribution is -2.51. The SMILES string of the molecule is CCNC(=NCc1ccc(OC)cc1)NCCN1CCN(C(=O)C2CCCC2)CC1.I. The Labute approximate surface area is 204 Å². The molecule has 2 aliphatic rings. The van der Waals surface area contributed by atoms with Crippen molar-refractivity contribution in [1.29, 1.82) is 0 Å². The molecule has 2 N–H and O–H groups in total. The lowest BCUT2D eigenvalue weighted by atomic mass is 10.1. The molecule has 174 valence electrons. The molecule has 0 atom stereocenters. The van der Waals surface area contributed by atoms with Crippen LogP contribution in [0.1, 0.15) is 38.2 Å². The molecule has 1 saturated heterocycles. The first kappa shape index (κ1) is 25.7. The second-order valence-corrected chi connectivity index (χ2v) is 8.12. The summed E-state index contributed by atoms with van der Waals surface area (Å²) in [6.07, 6.45) is 4.62. The number of hydrogen-bond donors (Lipinski definition) is 2. The molecule has 1 amide bonds. The number of aliphatic imine (C=N–C) groups is 1. The number of ether oxygens (including phenoxy) is 1. The fourth-order valence-corrected chi connectivity index (χ4v) is 4.20. The molecule has 1 aromatic rings. The lowest BCUT2D eigenvalue weighted by molar-refractivity contribution is -0.137. The second-order valence-electron chi connectivity index (χ2n) is 8.12. The molecule has 0 bridgehead atoms. The van der Waals surface area contributed by atoms with Gasteiger partial charge < -0.3 is 20.3 Å². The van der Waals surface area contributed by atoms with Crippen molar-refractivity contribution in [2.24, 2.45) is 10.9 Å². The number of hydrogen-bond acceptors (Lipinski definition) is 4. The van der Waals surface area contributed by atoms with Gasteiger partial charge in [-0.1, -0.05) is 25.0 Å². The van der Waals surface area contributed by atoms with E-state index in [4.69, 9.17) is 4.74 Å². The number of benzene rings is 1. The largest absolute Gasteiger partial charge is 0.497 e. The number of methoxy groups -OCH3 is 1. The zero-order valence-electron chi connectivity index (χ0n) is 18.9. The number of amides is 1. The van der Waals surface area contributed by atoms with Gasteiger partial charge in [-0.3, -0.25) is 9.69 Å². The number of nitrogens with zero attached hydrogens (tertiary/aromatic N) is 3. The van der Waals surface area contributed by atoms with Gasteiger partial charge in [-0.05, 0) is 37.5 Å². The molecule has 0 spiro atoms. The minimum Gasteiger partial charge on any atom is -0.497 e. The predicted octanol–water partition coefficient (Wildman–Crippen LogP) is 2.70. The normalized spacial score (nSPS) is 17.9. The van der Waals surface area contributed by atoms with Crippen LogP contribution in [0.3, 0.4) is 0 Å². The highest BCUT2D eigenvalue weighted by atomic mass is 127. The van der Waals surface area contributed by atoms with E-state index in [0.717, 1.165) is 75.9 Å². The van der Waals surface area contributed by atoms with Gasteiger partial charge in [0.05, 0.1) is 13.7 Å². The van der Waals surface area contributed by atoms with E-state index in [1.807, 2.05) is 24.3 Å². The number of rotatable bonds is 8. The third kappa shape index (κ3) is 8.14. The number of nitrogens with one attached hydrogen (secondary N) is 2. The van der Waals surface area contributed by atoms with E-state index in [9.17, 15) is 4.79 Å². The Balaban J connectivity index is 0.00000341. The van der Waals surface area contributed by atoms with E-state index < -0.39 is 0 Å². The Hall–Kier alpha value is -1.55. The molecule has 3 rings (SSSR count). The van der Waals surface area contributed by atoms with Crippen molar-refractivity contribution < 1.29 is 9.53 Å². The molecule has 1 saturated carbocycles. The van der Waals surface area contributed by atoms with Crippen LogP contribution in [0.15, 0.2) is 29.3 Å². The minimum absolute atomic E-state index is 0. The maximum Gasteiger partial charge on any atom is 0.225 e. The third-order valence-corrected chi connectivity index (χ3v) is 6.03. The highest BCUT2D eigenvalue weighted by Gasteiger charge is 2.29. The molecule has 1 heterocycles. The third-order valence-electron chi connectivity index (χ3n) is 6.03. The number of carbonyl (C=O) groups excluding carboxylic acids is 1. The van der Waals surface area contributed by atoms with E-state index in [1.54, 1.807) is 7.11 Å². The number of piperazine rings is 1. The first-order chi connectivity index (χ1) is 14.7. The average Bonchev–Trinajstić information content (AvgIpc) is 3.33. The van der Waals surface area contributed by atoms with Crippen molar-refractivity contribution >= 4 is 35.8 Å². The fraction of sp³-hybridized carbons (Fsp3) is 0.652. The Morgan fingerprint density at radius 3 is 2.39 bits per heavy atom. The molecule has 0 aromatic heterocycles. The molecule has 1 aliphatic carbocycles. The predicted molar refractivity (Wildman–Crippen MR) is 136 cm³/mol. The highest BCUT2D eigenvalue weighted by Crippen LogP contribution is 2.26. The van der Waals surface area contributed by atoms with Gasteiger partial charge in [-0.2, -0.15) is 0 Å². The first-order valence-corrected chi connectivity index (χ1v) is 11.4. The second kappa shape index (κ2) is 13.8. The molecule has 8 heteroatoms. The number of guanidine groups is 1. The van der Waals surface area contributed by atoms with Gasteiger partial charge >= 0.3 is 0 Å². The standard InChI is InChI=1S/C23H37N5O2.HI/c1-3-24-23(26-18-19-8-10-21(30-2)11-9-19)25-12-13-27-14-16-28(17-15-27)22(29)20-6-4-5-7-20;/h8-11,20H,3-7,12-18H2,1-2H3,(H2,24,25,26);1H. The Bertz CT molecular complexity index is 684. The molecule has 0 unspecified atom stereocenters. The van der Waals surface area contributed by atoms with Gasteiger partial charge in [0.1, 0.15) is 5.75 Å². The van der Waals surface area contributed by atoms with Crippen LogP contribution >= 0.6 is 24.0 Å². The summed E-state index contributed by atoms with van der Waals surface area (Å²) in [5.74, 6) is 2.38. The molecule has 2 fully saturated rings. The average molecular weight is 543 g/mol. The molecule has 7 nitrogen and oxygen atoms in total. The van der Waals surface area contributed by atoms with Gasteiger partial charge in [0.25, 0.3) is 0 Å². The van der Waals surface area contributed by atoms with Crippen molar-refractivity contribution in [2.75, 3.05) is 52.9 Å². The summed E-state index contributed by atoms with van der Waals surface area (Å²) >= 11 is 0. The Kier molecular flexibility index (Phi) is 11.4. The van der Waals surface area contributed by atoms with Crippen molar-refractivity contribution in [3.8, 4) is 5.75 Å². The summed E-state index contributed by atoms with van der Waals surface area (Å²) < 4.78 is 5.20. The van der Waals surface area contributed by atoms with Gasteiger partial charge in [0.2, 0.25) is 5.91 Å². The summed E-state index contributed by atoms with van der Waals surface area (Å²) in [5.41, 5.74) is 1.15. The van der Waals surface area contributed by atoms with Crippen molar-refractivity contribution in [3.63, 3.8) is 0 Å². The molecular formula is C23H38IN5O2. The van der Waals surface area contributed by atoms with E-state index in [0.29, 0.717) is 18.4 Å². The summed E-state index contributed by atoms with van der Waals surface area (Å²) in [6, 6.07) is 8.00. The minimum atomic E-state index is 0. The molecule has 31 heavy (non-hydrogen) atoms. The van der Waals surface area contributed by atoms with Crippen molar-refractivity contribution in [2.45, 2.75) is 39.2 Å². The van der Waals surface area contributed by atoms with Gasteiger partial charge in [-0.15, -0.1) is 24.0 Å². The summed E-state index contributed by atoms with van der Waals surface area (Å²) in [5, 5.41) is 6.74. The summed E-state index contributed by atoms with van der Waals surface area (Å²) in [4.78, 5) is 21.8. The fourth-order valence-electron chi connectivity index (χ4n) is 4.20. The smallest absolute Gasteiger partial charge is 0.225 e. The first-order valence-electron chi connectivity index (χ1n) is 11.4. The monoisotopic (exact) mass is 543 g/mol. The van der Waals surface area contributed by atoms with Crippen molar-refractivity contribution in [1.82, 2.24) is 20.4 Å². The molecule has 0 radical (unpaired) electrons. The van der Waals surface area contributed by atoms with Gasteiger partial charge in [-0.25, -0.2) is 4.99 Å². The number of carbonyl (C=O) groups is 1. The van der Waals surface area contributed by atoms with Crippen LogP contribution < -0.4 is 15.4 Å². The maximum absolute atomic E-state index is 12.6. The summed E-state index contributed by atoms with van der Waals surface area (Å²) in [7, 11) is 1.67. The van der Waals surface area contributed by atoms with Crippen LogP contribution in [0.5, 0.6) is 5.75 Å². The summed E-state index contributed by atoms with van der Waals surface area (Å²) in [6.45, 7) is 8.97. The van der Waals surface area contributed by atoms with Crippen LogP contribution in [0.2, 0.25) is 0 Å². The Morgan fingerprint density at radius 1 is 1.10 bits per heavy atom. The quantitative estimate of drug-likeness (QED) is 0.300. The highest BCUT2D eigenvalue weighted by molar-refractivity contribution is 14.0. The van der Waals surface area contributed by atoms with E-state index in [2.05, 4.69) is 32.3 Å². The van der Waals surface area contributed by atoms with E-state index in [1.165, 1.54) is 12.8 Å². The van der Waals surface area contributed by atoms with Gasteiger partial charge in [0, 0.05) is 51.7 Å². The van der Waals surface area contributed by atoms with Crippen LogP contribution in [0.25, 0.3) is 0 Å². The zero-order chi connectivity index (χ0) is 21.2. The van der Waals surface area contributed by atoms with E-state index in [-0.39, 0.29) is 24.0 Å². The molecule has 1 aliphatic heterocycles.